The molecular formula is C28H46ClNO5S. The molecule has 1 N–H and O–H groups in total. The second-order valence-corrected chi connectivity index (χ2v) is 14.8. The molecular weight excluding hydrogens is 498 g/mol. The predicted octanol–water partition coefficient (Wildman–Crippen LogP) is 6.02. The van der Waals surface area contributed by atoms with Gasteiger partial charge in [0.2, 0.25) is 0 Å². The zero-order chi connectivity index (χ0) is 27.3. The van der Waals surface area contributed by atoms with Gasteiger partial charge in [-0.2, -0.15) is 0 Å². The lowest BCUT2D eigenvalue weighted by molar-refractivity contribution is -0.155. The van der Waals surface area contributed by atoms with Crippen molar-refractivity contribution in [1.29, 1.82) is 0 Å². The van der Waals surface area contributed by atoms with Crippen molar-refractivity contribution in [2.24, 2.45) is 23.2 Å². The molecule has 0 spiro atoms. The number of hydrogen-bond donors (Lipinski definition) is 1. The maximum Gasteiger partial charge on any atom is 0.311 e. The summed E-state index contributed by atoms with van der Waals surface area (Å²) < 4.78 is 32.0. The average molecular weight is 544 g/mol. The van der Waals surface area contributed by atoms with Crippen LogP contribution in [0.1, 0.15) is 78.9 Å². The Kier molecular flexibility index (Phi) is 11.0. The predicted molar refractivity (Wildman–Crippen MR) is 147 cm³/mol. The van der Waals surface area contributed by atoms with E-state index in [0.717, 1.165) is 36.8 Å². The molecule has 1 aromatic carbocycles. The number of aryl methyl sites for hydroxylation is 1. The minimum atomic E-state index is -1.42. The molecule has 1 unspecified atom stereocenters. The summed E-state index contributed by atoms with van der Waals surface area (Å²) in [6.07, 6.45) is 3.52. The van der Waals surface area contributed by atoms with E-state index in [9.17, 15) is 9.00 Å². The lowest BCUT2D eigenvalue weighted by Gasteiger charge is -2.47. The standard InChI is InChI=1S/C28H46ClNO5S/c1-26(2,3)13-12-20-10-11-22(16-23(20)29)28(7,30-36(32)27(4,5)6)24(25(31)34-9)21-14-19(15-21)17-35-18-33-8/h10-11,16,19,21,24,30H,12-15,17-18H2,1-9H3/t19?,21?,24-,28?,36-/m0/s1. The Bertz CT molecular complexity index is 904. The van der Waals surface area contributed by atoms with Crippen LogP contribution in [0.15, 0.2) is 18.2 Å². The quantitative estimate of drug-likeness (QED) is 0.198. The number of benzene rings is 1. The number of hydrogen-bond acceptors (Lipinski definition) is 5. The van der Waals surface area contributed by atoms with E-state index >= 15 is 0 Å². The highest BCUT2D eigenvalue weighted by molar-refractivity contribution is 7.84. The van der Waals surface area contributed by atoms with Crippen LogP contribution in [-0.4, -0.2) is 42.5 Å². The van der Waals surface area contributed by atoms with Crippen molar-refractivity contribution < 1.29 is 23.2 Å². The minimum absolute atomic E-state index is 0.0578. The van der Waals surface area contributed by atoms with Gasteiger partial charge in [0.25, 0.3) is 0 Å². The van der Waals surface area contributed by atoms with E-state index < -0.39 is 27.2 Å². The number of ether oxygens (including phenoxy) is 3. The lowest BCUT2D eigenvalue weighted by atomic mass is 9.62. The van der Waals surface area contributed by atoms with Gasteiger partial charge in [-0.1, -0.05) is 44.5 Å². The summed E-state index contributed by atoms with van der Waals surface area (Å²) >= 11 is 6.78. The van der Waals surface area contributed by atoms with Gasteiger partial charge >= 0.3 is 5.97 Å². The Morgan fingerprint density at radius 3 is 2.28 bits per heavy atom. The van der Waals surface area contributed by atoms with E-state index in [-0.39, 0.29) is 24.1 Å². The molecule has 8 heteroatoms. The van der Waals surface area contributed by atoms with Gasteiger partial charge in [-0.25, -0.2) is 8.93 Å². The van der Waals surface area contributed by atoms with Crippen molar-refractivity contribution in [3.8, 4) is 0 Å². The van der Waals surface area contributed by atoms with Crippen LogP contribution in [0.5, 0.6) is 0 Å². The van der Waals surface area contributed by atoms with Crippen LogP contribution in [0.3, 0.4) is 0 Å². The van der Waals surface area contributed by atoms with Crippen LogP contribution in [0.4, 0.5) is 0 Å². The first-order valence-corrected chi connectivity index (χ1v) is 14.3. The first-order valence-electron chi connectivity index (χ1n) is 12.8. The van der Waals surface area contributed by atoms with Gasteiger partial charge in [0.15, 0.2) is 0 Å². The zero-order valence-electron chi connectivity index (χ0n) is 23.5. The first kappa shape index (κ1) is 31.2. The summed E-state index contributed by atoms with van der Waals surface area (Å²) in [6, 6.07) is 5.99. The number of nitrogens with one attached hydrogen (secondary N) is 1. The highest BCUT2D eigenvalue weighted by Gasteiger charge is 2.51. The summed E-state index contributed by atoms with van der Waals surface area (Å²) in [5.74, 6) is -0.450. The normalized spacial score (nSPS) is 21.8. The third-order valence-corrected chi connectivity index (χ3v) is 9.11. The molecule has 1 aromatic rings. The van der Waals surface area contributed by atoms with Crippen molar-refractivity contribution in [2.75, 3.05) is 27.6 Å². The second kappa shape index (κ2) is 12.7. The van der Waals surface area contributed by atoms with E-state index in [1.54, 1.807) is 7.11 Å². The number of carbonyl (C=O) groups is 1. The van der Waals surface area contributed by atoms with Crippen LogP contribution in [0.2, 0.25) is 5.02 Å². The van der Waals surface area contributed by atoms with Crippen molar-refractivity contribution in [1.82, 2.24) is 4.72 Å². The molecule has 1 fully saturated rings. The van der Waals surface area contributed by atoms with Gasteiger partial charge in [-0.15, -0.1) is 0 Å². The van der Waals surface area contributed by atoms with Gasteiger partial charge in [0, 0.05) is 12.1 Å². The van der Waals surface area contributed by atoms with Crippen LogP contribution in [0, 0.1) is 23.2 Å². The molecule has 0 bridgehead atoms. The summed E-state index contributed by atoms with van der Waals surface area (Å²) in [6.45, 7) is 15.2. The second-order valence-electron chi connectivity index (χ2n) is 12.4. The molecule has 0 heterocycles. The molecule has 0 aliphatic heterocycles. The number of methoxy groups -OCH3 is 2. The van der Waals surface area contributed by atoms with Gasteiger partial charge in [0.1, 0.15) is 6.79 Å². The average Bonchev–Trinajstić information content (AvgIpc) is 2.74. The fraction of sp³-hybridized carbons (Fsp3) is 0.750. The largest absolute Gasteiger partial charge is 0.469 e. The smallest absolute Gasteiger partial charge is 0.311 e. The van der Waals surface area contributed by atoms with Crippen LogP contribution >= 0.6 is 11.6 Å². The highest BCUT2D eigenvalue weighted by Crippen LogP contribution is 2.48. The molecule has 206 valence electrons. The van der Waals surface area contributed by atoms with Crippen LogP contribution in [-0.2, 0) is 42.0 Å². The number of halogens is 1. The molecule has 0 saturated heterocycles. The maximum atomic E-state index is 13.4. The molecule has 0 aromatic heterocycles. The minimum Gasteiger partial charge on any atom is -0.469 e. The summed E-state index contributed by atoms with van der Waals surface area (Å²) in [4.78, 5) is 13.3. The fourth-order valence-electron chi connectivity index (χ4n) is 4.75. The number of esters is 1. The number of carbonyl (C=O) groups excluding carboxylic acids is 1. The van der Waals surface area contributed by atoms with E-state index in [1.807, 2.05) is 45.9 Å². The highest BCUT2D eigenvalue weighted by atomic mass is 35.5. The topological polar surface area (TPSA) is 73.9 Å². The van der Waals surface area contributed by atoms with Gasteiger partial charge in [-0.05, 0) is 87.8 Å². The van der Waals surface area contributed by atoms with Crippen molar-refractivity contribution in [3.05, 3.63) is 34.3 Å². The zero-order valence-corrected chi connectivity index (χ0v) is 25.1. The molecule has 1 aliphatic carbocycles. The molecule has 0 amide bonds. The monoisotopic (exact) mass is 543 g/mol. The molecule has 0 radical (unpaired) electrons. The molecule has 2 rings (SSSR count). The summed E-state index contributed by atoms with van der Waals surface area (Å²) in [5, 5.41) is 0.661. The van der Waals surface area contributed by atoms with Gasteiger partial charge in [0.05, 0.1) is 40.9 Å². The van der Waals surface area contributed by atoms with Gasteiger partial charge < -0.3 is 14.2 Å². The van der Waals surface area contributed by atoms with Gasteiger partial charge in [-0.3, -0.25) is 4.79 Å². The van der Waals surface area contributed by atoms with E-state index in [0.29, 0.717) is 17.5 Å². The molecule has 1 saturated carbocycles. The third-order valence-electron chi connectivity index (χ3n) is 7.03. The van der Waals surface area contributed by atoms with E-state index in [1.165, 1.54) is 7.11 Å². The van der Waals surface area contributed by atoms with Crippen LogP contribution < -0.4 is 4.72 Å². The van der Waals surface area contributed by atoms with Crippen molar-refractivity contribution in [3.63, 3.8) is 0 Å². The molecule has 6 nitrogen and oxygen atoms in total. The maximum absolute atomic E-state index is 13.4. The summed E-state index contributed by atoms with van der Waals surface area (Å²) in [7, 11) is 1.59. The SMILES string of the molecule is COCOCC1CC([C@@H](C(=O)OC)C(C)(N[S@@](=O)C(C)(C)C)c2ccc(CCC(C)(C)C)c(Cl)c2)C1. The molecule has 3 atom stereocenters. The summed E-state index contributed by atoms with van der Waals surface area (Å²) in [5.41, 5.74) is 1.16. The molecule has 36 heavy (non-hydrogen) atoms. The third kappa shape index (κ3) is 8.26. The Hall–Kier alpha value is -0.990. The molecule has 1 aliphatic rings. The number of rotatable bonds is 12. The Morgan fingerprint density at radius 2 is 1.78 bits per heavy atom. The van der Waals surface area contributed by atoms with Crippen LogP contribution in [0.25, 0.3) is 0 Å². The lowest BCUT2D eigenvalue weighted by Crippen LogP contribution is -2.57. The van der Waals surface area contributed by atoms with E-state index in [2.05, 4.69) is 25.5 Å². The Balaban J connectivity index is 2.43. The first-order chi connectivity index (χ1) is 16.6. The van der Waals surface area contributed by atoms with E-state index in [4.69, 9.17) is 25.8 Å². The Morgan fingerprint density at radius 1 is 1.14 bits per heavy atom. The van der Waals surface area contributed by atoms with Crippen molar-refractivity contribution >= 4 is 28.6 Å². The van der Waals surface area contributed by atoms with Crippen molar-refractivity contribution in [2.45, 2.75) is 84.4 Å². The Labute approximate surface area is 225 Å². The fourth-order valence-corrected chi connectivity index (χ4v) is 5.96.